The van der Waals surface area contributed by atoms with Crippen molar-refractivity contribution in [2.24, 2.45) is 5.73 Å². The van der Waals surface area contributed by atoms with E-state index in [9.17, 15) is 0 Å². The fraction of sp³-hybridized carbons (Fsp3) is 0.500. The maximum atomic E-state index is 5.27. The van der Waals surface area contributed by atoms with Crippen LogP contribution in [0.25, 0.3) is 0 Å². The summed E-state index contributed by atoms with van der Waals surface area (Å²) in [5.41, 5.74) is 6.47. The van der Waals surface area contributed by atoms with E-state index in [1.54, 1.807) is 0 Å². The normalized spacial score (nSPS) is 34.6. The van der Waals surface area contributed by atoms with Crippen molar-refractivity contribution < 1.29 is 0 Å². The molecule has 1 atom stereocenters. The molecule has 1 fully saturated rings. The molecule has 2 N–H and O–H groups in total. The lowest BCUT2D eigenvalue weighted by molar-refractivity contribution is 1.10. The third kappa shape index (κ3) is 0.329. The molecule has 0 spiro atoms. The first kappa shape index (κ1) is 2.91. The molecule has 0 heterocycles. The predicted octanol–water partition coefficient (Wildman–Crippen LogP) is 0.274. The van der Waals surface area contributed by atoms with Gasteiger partial charge in [0.05, 0.1) is 0 Å². The Labute approximate surface area is 31.5 Å². The van der Waals surface area contributed by atoms with Gasteiger partial charge >= 0.3 is 0 Å². The van der Waals surface area contributed by atoms with E-state index in [0.717, 1.165) is 6.42 Å². The van der Waals surface area contributed by atoms with E-state index in [4.69, 9.17) is 5.73 Å². The minimum atomic E-state index is 0.356. The summed E-state index contributed by atoms with van der Waals surface area (Å²) in [7, 11) is 0. The summed E-state index contributed by atoms with van der Waals surface area (Å²) in [5, 5.41) is 0. The molecule has 1 unspecified atom stereocenters. The SMILES string of the molecule is C=C1CC1N. The van der Waals surface area contributed by atoms with Gasteiger partial charge in [0.2, 0.25) is 0 Å². The molecule has 1 nitrogen and oxygen atoms in total. The maximum Gasteiger partial charge on any atom is 0.0289 e. The molecule has 0 radical (unpaired) electrons. The van der Waals surface area contributed by atoms with Gasteiger partial charge in [0, 0.05) is 6.04 Å². The summed E-state index contributed by atoms with van der Waals surface area (Å²) < 4.78 is 0. The Morgan fingerprint density at radius 3 is 2.20 bits per heavy atom. The van der Waals surface area contributed by atoms with Gasteiger partial charge < -0.3 is 5.73 Å². The molecule has 1 aliphatic carbocycles. The number of rotatable bonds is 0. The molecule has 0 bridgehead atoms. The molecule has 0 aromatic rings. The fourth-order valence-electron chi connectivity index (χ4n) is 0.224. The second-order valence-electron chi connectivity index (χ2n) is 1.47. The van der Waals surface area contributed by atoms with Crippen LogP contribution in [0.3, 0.4) is 0 Å². The van der Waals surface area contributed by atoms with Crippen molar-refractivity contribution in [3.05, 3.63) is 12.2 Å². The average molecular weight is 69.1 g/mol. The zero-order valence-corrected chi connectivity index (χ0v) is 3.07. The van der Waals surface area contributed by atoms with Crippen LogP contribution in [-0.2, 0) is 0 Å². The Hall–Kier alpha value is -0.300. The first-order valence-electron chi connectivity index (χ1n) is 1.74. The maximum absolute atomic E-state index is 5.27. The van der Waals surface area contributed by atoms with Crippen LogP contribution in [0.4, 0.5) is 0 Å². The molecule has 0 aliphatic heterocycles. The van der Waals surface area contributed by atoms with E-state index in [1.807, 2.05) is 0 Å². The lowest BCUT2D eigenvalue weighted by atomic mass is 10.7. The molecule has 1 rings (SSSR count). The van der Waals surface area contributed by atoms with Gasteiger partial charge in [0.1, 0.15) is 0 Å². The highest BCUT2D eigenvalue weighted by molar-refractivity contribution is 5.22. The Bertz CT molecular complexity index is 66.0. The Morgan fingerprint density at radius 1 is 2.00 bits per heavy atom. The minimum absolute atomic E-state index is 0.356. The van der Waals surface area contributed by atoms with Crippen molar-refractivity contribution >= 4 is 0 Å². The van der Waals surface area contributed by atoms with E-state index >= 15 is 0 Å². The molecule has 1 saturated carbocycles. The zero-order chi connectivity index (χ0) is 3.86. The summed E-state index contributed by atoms with van der Waals surface area (Å²) >= 11 is 0. The Balaban J connectivity index is 2.47. The second-order valence-corrected chi connectivity index (χ2v) is 1.47. The van der Waals surface area contributed by atoms with Gasteiger partial charge in [-0.1, -0.05) is 12.2 Å². The largest absolute Gasteiger partial charge is 0.324 e. The zero-order valence-electron chi connectivity index (χ0n) is 3.07. The molecule has 0 aromatic heterocycles. The molecule has 28 valence electrons. The van der Waals surface area contributed by atoms with Crippen LogP contribution >= 0.6 is 0 Å². The van der Waals surface area contributed by atoms with Crippen LogP contribution < -0.4 is 5.73 Å². The summed E-state index contributed by atoms with van der Waals surface area (Å²) in [6, 6.07) is 0.356. The molecule has 0 amide bonds. The standard InChI is InChI=1S/C4H7N/c1-3-2-4(3)5/h4H,1-2,5H2. The number of hydrogen-bond acceptors (Lipinski definition) is 1. The van der Waals surface area contributed by atoms with Crippen molar-refractivity contribution in [3.63, 3.8) is 0 Å². The Morgan fingerprint density at radius 2 is 2.20 bits per heavy atom. The monoisotopic (exact) mass is 69.1 g/mol. The quantitative estimate of drug-likeness (QED) is 0.406. The van der Waals surface area contributed by atoms with E-state index in [0.29, 0.717) is 6.04 Å². The van der Waals surface area contributed by atoms with Gasteiger partial charge in [-0.25, -0.2) is 0 Å². The number of nitrogens with two attached hydrogens (primary N) is 1. The lowest BCUT2D eigenvalue weighted by Crippen LogP contribution is -1.95. The fourth-order valence-corrected chi connectivity index (χ4v) is 0.224. The lowest BCUT2D eigenvalue weighted by Gasteiger charge is -1.61. The van der Waals surface area contributed by atoms with Gasteiger partial charge in [0.25, 0.3) is 0 Å². The van der Waals surface area contributed by atoms with Crippen LogP contribution in [0.5, 0.6) is 0 Å². The first-order chi connectivity index (χ1) is 2.30. The molecule has 5 heavy (non-hydrogen) atoms. The highest BCUT2D eigenvalue weighted by atomic mass is 14.7. The molecule has 0 saturated heterocycles. The van der Waals surface area contributed by atoms with Crippen LogP contribution in [-0.4, -0.2) is 6.04 Å². The van der Waals surface area contributed by atoms with Gasteiger partial charge in [-0.3, -0.25) is 0 Å². The van der Waals surface area contributed by atoms with Crippen molar-refractivity contribution in [2.75, 3.05) is 0 Å². The molecule has 1 aliphatic rings. The van der Waals surface area contributed by atoms with Crippen LogP contribution in [0.2, 0.25) is 0 Å². The van der Waals surface area contributed by atoms with Gasteiger partial charge in [-0.15, -0.1) is 0 Å². The van der Waals surface area contributed by atoms with Crippen LogP contribution in [0, 0.1) is 0 Å². The van der Waals surface area contributed by atoms with Crippen molar-refractivity contribution in [2.45, 2.75) is 12.5 Å². The highest BCUT2D eigenvalue weighted by Crippen LogP contribution is 2.22. The van der Waals surface area contributed by atoms with Crippen molar-refractivity contribution in [1.82, 2.24) is 0 Å². The summed E-state index contributed by atoms with van der Waals surface area (Å²) in [6.07, 6.45) is 1.06. The van der Waals surface area contributed by atoms with Gasteiger partial charge in [0.15, 0.2) is 0 Å². The molecular weight excluding hydrogens is 62.1 g/mol. The van der Waals surface area contributed by atoms with Crippen molar-refractivity contribution in [1.29, 1.82) is 0 Å². The Kier molecular flexibility index (Phi) is 0.350. The predicted molar refractivity (Wildman–Crippen MR) is 21.7 cm³/mol. The first-order valence-corrected chi connectivity index (χ1v) is 1.74. The van der Waals surface area contributed by atoms with Crippen LogP contribution in [0.15, 0.2) is 12.2 Å². The van der Waals surface area contributed by atoms with Crippen molar-refractivity contribution in [3.8, 4) is 0 Å². The molecule has 1 heteroatoms. The minimum Gasteiger partial charge on any atom is -0.324 e. The highest BCUT2D eigenvalue weighted by Gasteiger charge is 2.20. The van der Waals surface area contributed by atoms with Gasteiger partial charge in [-0.05, 0) is 6.42 Å². The smallest absolute Gasteiger partial charge is 0.0289 e. The summed E-state index contributed by atoms with van der Waals surface area (Å²) in [5.74, 6) is 0. The summed E-state index contributed by atoms with van der Waals surface area (Å²) in [6.45, 7) is 3.62. The van der Waals surface area contributed by atoms with E-state index < -0.39 is 0 Å². The third-order valence-corrected chi connectivity index (χ3v) is 0.846. The van der Waals surface area contributed by atoms with E-state index in [1.165, 1.54) is 5.57 Å². The second kappa shape index (κ2) is 0.601. The topological polar surface area (TPSA) is 26.0 Å². The number of hydrogen-bond donors (Lipinski definition) is 1. The van der Waals surface area contributed by atoms with Gasteiger partial charge in [-0.2, -0.15) is 0 Å². The summed E-state index contributed by atoms with van der Waals surface area (Å²) in [4.78, 5) is 0. The third-order valence-electron chi connectivity index (χ3n) is 0.846. The molecule has 0 aromatic carbocycles. The average Bonchev–Trinajstić information content (AvgIpc) is 1.79. The molecular formula is C4H7N. The van der Waals surface area contributed by atoms with Crippen LogP contribution in [0.1, 0.15) is 6.42 Å². The van der Waals surface area contributed by atoms with E-state index in [-0.39, 0.29) is 0 Å². The van der Waals surface area contributed by atoms with E-state index in [2.05, 4.69) is 6.58 Å².